The molecule has 1 amide bonds. The monoisotopic (exact) mass is 462 g/mol. The maximum Gasteiger partial charge on any atom is 0.283 e. The van der Waals surface area contributed by atoms with Crippen LogP contribution in [0.5, 0.6) is 5.75 Å². The minimum Gasteiger partial charge on any atom is -0.487 e. The Labute approximate surface area is 192 Å². The molecule has 0 spiro atoms. The second-order valence-corrected chi connectivity index (χ2v) is 8.30. The predicted octanol–water partition coefficient (Wildman–Crippen LogP) is 5.30. The summed E-state index contributed by atoms with van der Waals surface area (Å²) in [5, 5.41) is 15.7. The summed E-state index contributed by atoms with van der Waals surface area (Å²) >= 11 is 7.25. The van der Waals surface area contributed by atoms with Crippen molar-refractivity contribution in [3.05, 3.63) is 83.1 Å². The van der Waals surface area contributed by atoms with Crippen molar-refractivity contribution >= 4 is 51.4 Å². The molecule has 0 radical (unpaired) electrons. The number of amidine groups is 2. The number of ether oxygens (including phenoxy) is 1. The van der Waals surface area contributed by atoms with Crippen LogP contribution in [0.4, 0.5) is 0 Å². The Bertz CT molecular complexity index is 1310. The Morgan fingerprint density at radius 2 is 1.97 bits per heavy atom. The van der Waals surface area contributed by atoms with Crippen LogP contribution in [0.25, 0.3) is 17.4 Å². The van der Waals surface area contributed by atoms with Crippen molar-refractivity contribution in [2.75, 3.05) is 6.61 Å². The molecular formula is C23H15ClN4O3S. The topological polar surface area (TPSA) is 91.2 Å². The van der Waals surface area contributed by atoms with E-state index < -0.39 is 5.91 Å². The van der Waals surface area contributed by atoms with Crippen molar-refractivity contribution in [3.8, 4) is 17.1 Å². The summed E-state index contributed by atoms with van der Waals surface area (Å²) < 4.78 is 11.5. The lowest BCUT2D eigenvalue weighted by atomic mass is 10.1. The molecule has 0 saturated heterocycles. The maximum absolute atomic E-state index is 12.6. The van der Waals surface area contributed by atoms with Crippen LogP contribution in [0, 0.1) is 5.41 Å². The van der Waals surface area contributed by atoms with Gasteiger partial charge in [0.25, 0.3) is 5.91 Å². The number of carbonyl (C=O) groups is 1. The number of aliphatic imine (C=N–C) groups is 1. The Hall–Kier alpha value is -3.62. The molecule has 0 unspecified atom stereocenters. The van der Waals surface area contributed by atoms with Crippen LogP contribution in [0.15, 0.2) is 86.8 Å². The number of halogens is 1. The molecule has 1 aromatic heterocycles. The first-order chi connectivity index (χ1) is 15.6. The highest BCUT2D eigenvalue weighted by molar-refractivity contribution is 8.27. The summed E-state index contributed by atoms with van der Waals surface area (Å²) in [5.74, 6) is 1.16. The lowest BCUT2D eigenvalue weighted by Crippen LogP contribution is -2.35. The Kier molecular flexibility index (Phi) is 5.38. The average molecular weight is 463 g/mol. The molecule has 0 bridgehead atoms. The molecule has 3 heterocycles. The number of nitrogens with zero attached hydrogens (tertiary/aromatic N) is 3. The van der Waals surface area contributed by atoms with Gasteiger partial charge in [-0.25, -0.2) is 0 Å². The van der Waals surface area contributed by atoms with Gasteiger partial charge in [0.05, 0.1) is 5.57 Å². The fraction of sp³-hybridized carbons (Fsp3) is 0.0435. The average Bonchev–Trinajstić information content (AvgIpc) is 3.43. The normalized spacial score (nSPS) is 16.8. The molecule has 32 heavy (non-hydrogen) atoms. The van der Waals surface area contributed by atoms with Gasteiger partial charge in [0.1, 0.15) is 28.9 Å². The molecule has 5 rings (SSSR count). The number of furan rings is 1. The summed E-state index contributed by atoms with van der Waals surface area (Å²) in [6, 6.07) is 20.1. The molecule has 1 N–H and O–H groups in total. The largest absolute Gasteiger partial charge is 0.487 e. The van der Waals surface area contributed by atoms with E-state index in [0.717, 1.165) is 5.56 Å². The molecule has 2 aliphatic heterocycles. The first-order valence-electron chi connectivity index (χ1n) is 9.59. The lowest BCUT2D eigenvalue weighted by Gasteiger charge is -2.19. The summed E-state index contributed by atoms with van der Waals surface area (Å²) in [6.45, 7) is 0.214. The van der Waals surface area contributed by atoms with Crippen LogP contribution >= 0.6 is 23.4 Å². The first kappa shape index (κ1) is 20.3. The summed E-state index contributed by atoms with van der Waals surface area (Å²) in [6.07, 6.45) is 1.50. The number of thioether (sulfide) groups is 1. The number of hydrogen-bond donors (Lipinski definition) is 1. The predicted molar refractivity (Wildman–Crippen MR) is 126 cm³/mol. The molecule has 7 nitrogen and oxygen atoms in total. The van der Waals surface area contributed by atoms with Crippen molar-refractivity contribution in [3.63, 3.8) is 0 Å². The minimum atomic E-state index is -0.519. The van der Waals surface area contributed by atoms with E-state index in [1.165, 1.54) is 22.8 Å². The van der Waals surface area contributed by atoms with E-state index in [1.807, 2.05) is 42.5 Å². The summed E-state index contributed by atoms with van der Waals surface area (Å²) in [7, 11) is 0. The second kappa shape index (κ2) is 8.49. The van der Waals surface area contributed by atoms with Crippen LogP contribution < -0.4 is 4.74 Å². The number of nitrogens with one attached hydrogen (secondary N) is 1. The summed E-state index contributed by atoms with van der Waals surface area (Å²) in [5.41, 5.74) is 0.909. The minimum absolute atomic E-state index is 0.0667. The molecule has 158 valence electrons. The third-order valence-corrected chi connectivity index (χ3v) is 5.74. The third kappa shape index (κ3) is 4.10. The quantitative estimate of drug-likeness (QED) is 0.519. The van der Waals surface area contributed by atoms with Gasteiger partial charge in [-0.05, 0) is 54.2 Å². The lowest BCUT2D eigenvalue weighted by molar-refractivity contribution is -0.114. The van der Waals surface area contributed by atoms with Gasteiger partial charge in [0.2, 0.25) is 5.17 Å². The number of benzene rings is 2. The zero-order chi connectivity index (χ0) is 22.1. The zero-order valence-electron chi connectivity index (χ0n) is 16.5. The van der Waals surface area contributed by atoms with Gasteiger partial charge < -0.3 is 9.15 Å². The third-order valence-electron chi connectivity index (χ3n) is 4.62. The SMILES string of the molecule is N=C1/C(=C\c2ccc(-c3cccc(Cl)c3)o2)C(=O)N=C2SC(COc3ccccc3)=NN12. The number of para-hydroxylation sites is 1. The number of hydrogen-bond acceptors (Lipinski definition) is 6. The standard InChI is InChI=1S/C23H15ClN4O3S/c24-15-6-4-5-14(11-15)19-10-9-17(31-19)12-18-21(25)28-23(26-22(18)29)32-20(27-28)13-30-16-7-2-1-3-8-16/h1-12,25H,13H2/b18-12+,25-21?. The maximum atomic E-state index is 12.6. The van der Waals surface area contributed by atoms with E-state index in [-0.39, 0.29) is 18.0 Å². The zero-order valence-corrected chi connectivity index (χ0v) is 18.1. The van der Waals surface area contributed by atoms with E-state index in [0.29, 0.717) is 32.5 Å². The van der Waals surface area contributed by atoms with Crippen LogP contribution in [0.1, 0.15) is 5.76 Å². The van der Waals surface area contributed by atoms with Gasteiger partial charge >= 0.3 is 0 Å². The fourth-order valence-corrected chi connectivity index (χ4v) is 4.11. The Morgan fingerprint density at radius 1 is 1.12 bits per heavy atom. The molecule has 9 heteroatoms. The Morgan fingerprint density at radius 3 is 2.78 bits per heavy atom. The van der Waals surface area contributed by atoms with Gasteiger partial charge in [-0.2, -0.15) is 15.1 Å². The van der Waals surface area contributed by atoms with E-state index in [9.17, 15) is 4.79 Å². The van der Waals surface area contributed by atoms with Crippen molar-refractivity contribution in [1.82, 2.24) is 5.01 Å². The van der Waals surface area contributed by atoms with Crippen LogP contribution in [0.3, 0.4) is 0 Å². The van der Waals surface area contributed by atoms with Gasteiger partial charge in [-0.1, -0.05) is 41.9 Å². The van der Waals surface area contributed by atoms with Gasteiger partial charge in [0.15, 0.2) is 5.84 Å². The number of carbonyl (C=O) groups excluding carboxylic acids is 1. The molecule has 2 aromatic carbocycles. The van der Waals surface area contributed by atoms with Crippen molar-refractivity contribution in [2.45, 2.75) is 0 Å². The van der Waals surface area contributed by atoms with Crippen LogP contribution in [-0.4, -0.2) is 33.6 Å². The molecule has 0 aliphatic carbocycles. The van der Waals surface area contributed by atoms with Gasteiger partial charge in [-0.15, -0.1) is 0 Å². The van der Waals surface area contributed by atoms with Crippen molar-refractivity contribution in [2.24, 2.45) is 10.1 Å². The van der Waals surface area contributed by atoms with Crippen molar-refractivity contribution in [1.29, 1.82) is 5.41 Å². The molecular weight excluding hydrogens is 448 g/mol. The molecule has 0 saturated carbocycles. The second-order valence-electron chi connectivity index (χ2n) is 6.83. The first-order valence-corrected chi connectivity index (χ1v) is 10.8. The highest BCUT2D eigenvalue weighted by Gasteiger charge is 2.36. The van der Waals surface area contributed by atoms with Crippen LogP contribution in [-0.2, 0) is 4.79 Å². The van der Waals surface area contributed by atoms with E-state index in [1.54, 1.807) is 24.3 Å². The highest BCUT2D eigenvalue weighted by Crippen LogP contribution is 2.30. The molecule has 2 aliphatic rings. The highest BCUT2D eigenvalue weighted by atomic mass is 35.5. The number of amides is 1. The number of hydrazone groups is 1. The smallest absolute Gasteiger partial charge is 0.283 e. The van der Waals surface area contributed by atoms with Crippen LogP contribution in [0.2, 0.25) is 5.02 Å². The number of rotatable bonds is 5. The van der Waals surface area contributed by atoms with E-state index in [4.69, 9.17) is 26.2 Å². The molecule has 3 aromatic rings. The molecule has 0 fully saturated rings. The number of fused-ring (bicyclic) bond motifs is 1. The Balaban J connectivity index is 1.35. The van der Waals surface area contributed by atoms with E-state index in [2.05, 4.69) is 10.1 Å². The van der Waals surface area contributed by atoms with Gasteiger partial charge in [0, 0.05) is 10.6 Å². The van der Waals surface area contributed by atoms with Gasteiger partial charge in [-0.3, -0.25) is 10.2 Å². The summed E-state index contributed by atoms with van der Waals surface area (Å²) in [4.78, 5) is 16.7. The fourth-order valence-electron chi connectivity index (χ4n) is 3.12. The van der Waals surface area contributed by atoms with E-state index >= 15 is 0 Å². The van der Waals surface area contributed by atoms with Crippen molar-refractivity contribution < 1.29 is 13.9 Å². The molecule has 0 atom stereocenters.